The molecule has 10 heteroatoms. The van der Waals surface area contributed by atoms with Gasteiger partial charge >= 0.3 is 0 Å². The first-order valence-electron chi connectivity index (χ1n) is 9.06. The summed E-state index contributed by atoms with van der Waals surface area (Å²) >= 11 is 6.06. The van der Waals surface area contributed by atoms with Gasteiger partial charge < -0.3 is 15.5 Å². The molecule has 158 valence electrons. The Morgan fingerprint density at radius 2 is 1.72 bits per heavy atom. The van der Waals surface area contributed by atoms with E-state index in [1.165, 1.54) is 6.07 Å². The highest BCUT2D eigenvalue weighted by Crippen LogP contribution is 2.23. The number of benzene rings is 1. The molecule has 0 bridgehead atoms. The SMILES string of the molecule is CN(C)c1cc(Cl)nc(NC2CCC(NC(=O)c3ccc(F)c(F)c3)CC2)n1.Cl. The van der Waals surface area contributed by atoms with Crippen LogP contribution in [0.25, 0.3) is 0 Å². The van der Waals surface area contributed by atoms with Crippen LogP contribution in [0.5, 0.6) is 0 Å². The molecule has 1 amide bonds. The van der Waals surface area contributed by atoms with Crippen molar-refractivity contribution in [2.75, 3.05) is 24.3 Å². The lowest BCUT2D eigenvalue weighted by atomic mass is 9.91. The minimum atomic E-state index is -1.03. The van der Waals surface area contributed by atoms with Crippen molar-refractivity contribution in [2.45, 2.75) is 37.8 Å². The number of carbonyl (C=O) groups excluding carboxylic acids is 1. The number of amides is 1. The van der Waals surface area contributed by atoms with Gasteiger partial charge in [0.05, 0.1) is 0 Å². The highest BCUT2D eigenvalue weighted by Gasteiger charge is 2.24. The molecule has 1 fully saturated rings. The van der Waals surface area contributed by atoms with Crippen LogP contribution in [-0.2, 0) is 0 Å². The van der Waals surface area contributed by atoms with Crippen LogP contribution in [0.1, 0.15) is 36.0 Å². The average molecular weight is 446 g/mol. The summed E-state index contributed by atoms with van der Waals surface area (Å²) in [4.78, 5) is 22.7. The van der Waals surface area contributed by atoms with E-state index in [4.69, 9.17) is 11.6 Å². The third kappa shape index (κ3) is 6.14. The zero-order chi connectivity index (χ0) is 20.3. The molecule has 2 N–H and O–H groups in total. The number of nitrogens with zero attached hydrogens (tertiary/aromatic N) is 3. The predicted octanol–water partition coefficient (Wildman–Crippen LogP) is 4.05. The molecule has 1 aliphatic rings. The van der Waals surface area contributed by atoms with Gasteiger partial charge in [-0.2, -0.15) is 4.98 Å². The van der Waals surface area contributed by atoms with Gasteiger partial charge in [0.2, 0.25) is 5.95 Å². The van der Waals surface area contributed by atoms with E-state index in [1.807, 2.05) is 19.0 Å². The lowest BCUT2D eigenvalue weighted by Gasteiger charge is -2.30. The Labute approximate surface area is 179 Å². The number of rotatable bonds is 5. The molecule has 1 saturated carbocycles. The van der Waals surface area contributed by atoms with Gasteiger partial charge in [-0.25, -0.2) is 13.8 Å². The molecule has 0 unspecified atom stereocenters. The van der Waals surface area contributed by atoms with Crippen molar-refractivity contribution < 1.29 is 13.6 Å². The maximum atomic E-state index is 13.3. The van der Waals surface area contributed by atoms with E-state index >= 15 is 0 Å². The molecule has 0 radical (unpaired) electrons. The average Bonchev–Trinajstić information content (AvgIpc) is 2.65. The molecular weight excluding hydrogens is 423 g/mol. The van der Waals surface area contributed by atoms with Gasteiger partial charge in [0.15, 0.2) is 11.6 Å². The Bertz CT molecular complexity index is 860. The molecule has 0 aliphatic heterocycles. The second kappa shape index (κ2) is 10.0. The highest BCUT2D eigenvalue weighted by molar-refractivity contribution is 6.29. The number of hydrogen-bond acceptors (Lipinski definition) is 5. The quantitative estimate of drug-likeness (QED) is 0.679. The molecule has 0 spiro atoms. The summed E-state index contributed by atoms with van der Waals surface area (Å²) < 4.78 is 26.3. The minimum absolute atomic E-state index is 0. The summed E-state index contributed by atoms with van der Waals surface area (Å²) in [5.74, 6) is -1.20. The third-order valence-electron chi connectivity index (χ3n) is 4.72. The molecular formula is C19H23Cl2F2N5O. The molecule has 6 nitrogen and oxygen atoms in total. The summed E-state index contributed by atoms with van der Waals surface area (Å²) in [5, 5.41) is 6.55. The van der Waals surface area contributed by atoms with Crippen LogP contribution in [-0.4, -0.2) is 42.1 Å². The number of hydrogen-bond donors (Lipinski definition) is 2. The number of nitrogens with one attached hydrogen (secondary N) is 2. The molecule has 1 aromatic carbocycles. The molecule has 29 heavy (non-hydrogen) atoms. The van der Waals surface area contributed by atoms with E-state index in [9.17, 15) is 13.6 Å². The zero-order valence-corrected chi connectivity index (χ0v) is 17.7. The largest absolute Gasteiger partial charge is 0.363 e. The summed E-state index contributed by atoms with van der Waals surface area (Å²) in [6.07, 6.45) is 3.15. The summed E-state index contributed by atoms with van der Waals surface area (Å²) in [5.41, 5.74) is 0.114. The van der Waals surface area contributed by atoms with E-state index in [0.29, 0.717) is 11.1 Å². The first kappa shape index (κ1) is 23.1. The van der Waals surface area contributed by atoms with Crippen LogP contribution in [0.2, 0.25) is 5.15 Å². The van der Waals surface area contributed by atoms with Gasteiger partial charge in [-0.05, 0) is 43.9 Å². The molecule has 1 aliphatic carbocycles. The first-order chi connectivity index (χ1) is 13.3. The van der Waals surface area contributed by atoms with Gasteiger partial charge in [0.1, 0.15) is 11.0 Å². The topological polar surface area (TPSA) is 70.2 Å². The van der Waals surface area contributed by atoms with E-state index in [0.717, 1.165) is 43.6 Å². The third-order valence-corrected chi connectivity index (χ3v) is 4.91. The first-order valence-corrected chi connectivity index (χ1v) is 9.44. The molecule has 0 atom stereocenters. The van der Waals surface area contributed by atoms with Gasteiger partial charge in [0, 0.05) is 37.8 Å². The van der Waals surface area contributed by atoms with E-state index in [2.05, 4.69) is 20.6 Å². The van der Waals surface area contributed by atoms with E-state index < -0.39 is 17.5 Å². The molecule has 2 aromatic rings. The maximum Gasteiger partial charge on any atom is 0.251 e. The van der Waals surface area contributed by atoms with E-state index in [-0.39, 0.29) is 30.1 Å². The zero-order valence-electron chi connectivity index (χ0n) is 16.1. The fourth-order valence-electron chi connectivity index (χ4n) is 3.17. The smallest absolute Gasteiger partial charge is 0.251 e. The monoisotopic (exact) mass is 445 g/mol. The number of halogens is 4. The van der Waals surface area contributed by atoms with Crippen LogP contribution < -0.4 is 15.5 Å². The summed E-state index contributed by atoms with van der Waals surface area (Å²) in [6.45, 7) is 0. The van der Waals surface area contributed by atoms with Crippen molar-refractivity contribution in [1.82, 2.24) is 15.3 Å². The van der Waals surface area contributed by atoms with Crippen LogP contribution in [0.15, 0.2) is 24.3 Å². The summed E-state index contributed by atoms with van der Waals surface area (Å²) in [7, 11) is 3.76. The predicted molar refractivity (Wildman–Crippen MR) is 112 cm³/mol. The van der Waals surface area contributed by atoms with Crippen LogP contribution in [0.4, 0.5) is 20.5 Å². The van der Waals surface area contributed by atoms with Crippen molar-refractivity contribution in [1.29, 1.82) is 0 Å². The lowest BCUT2D eigenvalue weighted by molar-refractivity contribution is 0.0926. The van der Waals surface area contributed by atoms with Crippen molar-refractivity contribution in [2.24, 2.45) is 0 Å². The standard InChI is InChI=1S/C19H22ClF2N5O.ClH/c1-27(2)17-10-16(20)25-19(26-17)24-13-6-4-12(5-7-13)23-18(28)11-3-8-14(21)15(22)9-11;/h3,8-10,12-13H,4-7H2,1-2H3,(H,23,28)(H,24,25,26);1H. The maximum absolute atomic E-state index is 13.3. The van der Waals surface area contributed by atoms with Gasteiger partial charge in [-0.3, -0.25) is 4.79 Å². The molecule has 0 saturated heterocycles. The van der Waals surface area contributed by atoms with Crippen molar-refractivity contribution in [3.8, 4) is 0 Å². The Morgan fingerprint density at radius 1 is 1.07 bits per heavy atom. The van der Waals surface area contributed by atoms with Crippen LogP contribution in [0.3, 0.4) is 0 Å². The number of anilines is 2. The molecule has 3 rings (SSSR count). The molecule has 1 aromatic heterocycles. The highest BCUT2D eigenvalue weighted by atomic mass is 35.5. The van der Waals surface area contributed by atoms with Crippen molar-refractivity contribution in [3.63, 3.8) is 0 Å². The Kier molecular flexibility index (Phi) is 7.98. The van der Waals surface area contributed by atoms with Gasteiger partial charge in [-0.1, -0.05) is 11.6 Å². The minimum Gasteiger partial charge on any atom is -0.363 e. The van der Waals surface area contributed by atoms with Gasteiger partial charge in [0.25, 0.3) is 5.91 Å². The van der Waals surface area contributed by atoms with Crippen molar-refractivity contribution in [3.05, 3.63) is 46.6 Å². The Hall–Kier alpha value is -2.19. The Morgan fingerprint density at radius 3 is 2.34 bits per heavy atom. The fourth-order valence-corrected chi connectivity index (χ4v) is 3.35. The fraction of sp³-hybridized carbons (Fsp3) is 0.421. The second-order valence-electron chi connectivity index (χ2n) is 7.06. The van der Waals surface area contributed by atoms with Crippen LogP contribution >= 0.6 is 24.0 Å². The normalized spacial score (nSPS) is 18.5. The van der Waals surface area contributed by atoms with Crippen LogP contribution in [0, 0.1) is 11.6 Å². The number of carbonyl (C=O) groups is 1. The molecule has 1 heterocycles. The second-order valence-corrected chi connectivity index (χ2v) is 7.45. The lowest BCUT2D eigenvalue weighted by Crippen LogP contribution is -2.40. The number of aromatic nitrogens is 2. The van der Waals surface area contributed by atoms with E-state index in [1.54, 1.807) is 6.07 Å². The summed E-state index contributed by atoms with van der Waals surface area (Å²) in [6, 6.07) is 4.99. The van der Waals surface area contributed by atoms with Crippen molar-refractivity contribution >= 4 is 41.7 Å². The Balaban J connectivity index is 0.00000300. The van der Waals surface area contributed by atoms with Gasteiger partial charge in [-0.15, -0.1) is 12.4 Å².